The number of methoxy groups -OCH3 is 1. The molecule has 0 saturated carbocycles. The van der Waals surface area contributed by atoms with Gasteiger partial charge in [-0.25, -0.2) is 4.98 Å². The number of hydrogen-bond donors (Lipinski definition) is 2. The van der Waals surface area contributed by atoms with E-state index in [2.05, 4.69) is 15.6 Å². The molecule has 2 N–H and O–H groups in total. The number of ether oxygens (including phenoxy) is 1. The summed E-state index contributed by atoms with van der Waals surface area (Å²) in [6, 6.07) is 11.3. The highest BCUT2D eigenvalue weighted by Crippen LogP contribution is 2.27. The molecule has 1 unspecified atom stereocenters. The molecular weight excluding hydrogens is 370 g/mol. The fraction of sp³-hybridized carbons (Fsp3) is 0.364. The Labute approximate surface area is 169 Å². The van der Waals surface area contributed by atoms with Crippen LogP contribution in [0.25, 0.3) is 0 Å². The van der Waals surface area contributed by atoms with Crippen LogP contribution in [0, 0.1) is 5.92 Å². The minimum atomic E-state index is -0.366. The molecule has 1 amide bonds. The summed E-state index contributed by atoms with van der Waals surface area (Å²) >= 11 is 0. The third-order valence-corrected chi connectivity index (χ3v) is 5.02. The number of esters is 1. The summed E-state index contributed by atoms with van der Waals surface area (Å²) in [6.45, 7) is 0.484. The van der Waals surface area contributed by atoms with Crippen molar-refractivity contribution in [3.05, 3.63) is 53.7 Å². The normalized spacial score (nSPS) is 15.8. The van der Waals surface area contributed by atoms with Crippen molar-refractivity contribution in [3.63, 3.8) is 0 Å². The van der Waals surface area contributed by atoms with E-state index in [0.29, 0.717) is 37.9 Å². The number of carbonyl (C=O) groups excluding carboxylic acids is 3. The number of rotatable bonds is 7. The number of pyridine rings is 1. The van der Waals surface area contributed by atoms with Gasteiger partial charge in [-0.1, -0.05) is 12.1 Å². The number of benzene rings is 1. The lowest BCUT2D eigenvalue weighted by atomic mass is 9.93. The van der Waals surface area contributed by atoms with Crippen molar-refractivity contribution >= 4 is 29.2 Å². The number of amides is 1. The fourth-order valence-electron chi connectivity index (χ4n) is 3.44. The smallest absolute Gasteiger partial charge is 0.306 e. The molecule has 7 nitrogen and oxygen atoms in total. The molecule has 2 aromatic rings. The average Bonchev–Trinajstić information content (AvgIpc) is 2.87. The van der Waals surface area contributed by atoms with E-state index in [1.54, 1.807) is 6.20 Å². The fourth-order valence-corrected chi connectivity index (χ4v) is 3.44. The molecule has 1 aromatic heterocycles. The SMILES string of the molecule is COC(=O)CC1Cc2ccc(NC(=O)CCNc3ccccn3)cc2CCC1=O. The molecule has 1 aliphatic rings. The van der Waals surface area contributed by atoms with Crippen molar-refractivity contribution in [2.75, 3.05) is 24.3 Å². The molecule has 152 valence electrons. The molecule has 1 aliphatic carbocycles. The van der Waals surface area contributed by atoms with Crippen LogP contribution in [-0.2, 0) is 32.0 Å². The minimum Gasteiger partial charge on any atom is -0.469 e. The van der Waals surface area contributed by atoms with Gasteiger partial charge in [0.2, 0.25) is 5.91 Å². The van der Waals surface area contributed by atoms with Crippen LogP contribution >= 0.6 is 0 Å². The van der Waals surface area contributed by atoms with Gasteiger partial charge in [-0.15, -0.1) is 0 Å². The van der Waals surface area contributed by atoms with E-state index < -0.39 is 0 Å². The van der Waals surface area contributed by atoms with E-state index in [0.717, 1.165) is 16.9 Å². The van der Waals surface area contributed by atoms with Crippen molar-refractivity contribution in [2.45, 2.75) is 32.1 Å². The summed E-state index contributed by atoms with van der Waals surface area (Å²) in [7, 11) is 1.33. The second-order valence-corrected chi connectivity index (χ2v) is 7.07. The van der Waals surface area contributed by atoms with Gasteiger partial charge in [0, 0.05) is 37.2 Å². The number of Topliss-reactive ketones (excluding diaryl/α,β-unsaturated/α-hetero) is 1. The van der Waals surface area contributed by atoms with Crippen LogP contribution in [0.15, 0.2) is 42.6 Å². The van der Waals surface area contributed by atoms with Gasteiger partial charge >= 0.3 is 5.97 Å². The summed E-state index contributed by atoms with van der Waals surface area (Å²) in [5, 5.41) is 6.01. The summed E-state index contributed by atoms with van der Waals surface area (Å²) in [5.74, 6) is 0.00717. The van der Waals surface area contributed by atoms with E-state index in [1.807, 2.05) is 36.4 Å². The molecule has 7 heteroatoms. The second kappa shape index (κ2) is 9.82. The van der Waals surface area contributed by atoms with E-state index in [1.165, 1.54) is 7.11 Å². The Balaban J connectivity index is 1.56. The predicted molar refractivity (Wildman–Crippen MR) is 110 cm³/mol. The number of aromatic nitrogens is 1. The third-order valence-electron chi connectivity index (χ3n) is 5.02. The first-order valence-electron chi connectivity index (χ1n) is 9.71. The van der Waals surface area contributed by atoms with Gasteiger partial charge in [0.1, 0.15) is 11.6 Å². The Hall–Kier alpha value is -3.22. The summed E-state index contributed by atoms with van der Waals surface area (Å²) in [4.78, 5) is 40.3. The van der Waals surface area contributed by atoms with Gasteiger partial charge in [0.15, 0.2) is 0 Å². The van der Waals surface area contributed by atoms with Crippen molar-refractivity contribution in [3.8, 4) is 0 Å². The highest BCUT2D eigenvalue weighted by Gasteiger charge is 2.26. The Bertz CT molecular complexity index is 883. The molecule has 1 atom stereocenters. The lowest BCUT2D eigenvalue weighted by Crippen LogP contribution is -2.20. The van der Waals surface area contributed by atoms with Gasteiger partial charge in [-0.05, 0) is 48.2 Å². The molecule has 0 fully saturated rings. The van der Waals surface area contributed by atoms with Gasteiger partial charge in [-0.2, -0.15) is 0 Å². The van der Waals surface area contributed by atoms with Crippen LogP contribution < -0.4 is 10.6 Å². The first-order valence-corrected chi connectivity index (χ1v) is 9.71. The van der Waals surface area contributed by atoms with Crippen molar-refractivity contribution in [1.29, 1.82) is 0 Å². The van der Waals surface area contributed by atoms with Crippen LogP contribution in [-0.4, -0.2) is 36.3 Å². The Morgan fingerprint density at radius 2 is 2.03 bits per heavy atom. The number of nitrogens with one attached hydrogen (secondary N) is 2. The van der Waals surface area contributed by atoms with E-state index in [9.17, 15) is 14.4 Å². The zero-order chi connectivity index (χ0) is 20.6. The number of nitrogens with zero attached hydrogens (tertiary/aromatic N) is 1. The minimum absolute atomic E-state index is 0.0813. The van der Waals surface area contributed by atoms with Crippen molar-refractivity contribution in [2.24, 2.45) is 5.92 Å². The standard InChI is InChI=1S/C22H25N3O4/c1-29-22(28)14-17-12-15-5-7-18(13-16(15)6-8-19(17)26)25-21(27)9-11-24-20-4-2-3-10-23-20/h2-5,7,10,13,17H,6,8-9,11-12,14H2,1H3,(H,23,24)(H,25,27). The molecule has 1 heterocycles. The van der Waals surface area contributed by atoms with Crippen LogP contribution in [0.1, 0.15) is 30.4 Å². The molecular formula is C22H25N3O4. The highest BCUT2D eigenvalue weighted by molar-refractivity contribution is 5.91. The largest absolute Gasteiger partial charge is 0.469 e. The summed E-state index contributed by atoms with van der Waals surface area (Å²) < 4.78 is 4.71. The number of ketones is 1. The zero-order valence-corrected chi connectivity index (χ0v) is 16.4. The molecule has 0 radical (unpaired) electrons. The average molecular weight is 395 g/mol. The van der Waals surface area contributed by atoms with Crippen LogP contribution in [0.2, 0.25) is 0 Å². The van der Waals surface area contributed by atoms with Crippen molar-refractivity contribution in [1.82, 2.24) is 4.98 Å². The first-order chi connectivity index (χ1) is 14.0. The summed E-state index contributed by atoms with van der Waals surface area (Å²) in [6.07, 6.45) is 3.63. The van der Waals surface area contributed by atoms with Crippen LogP contribution in [0.3, 0.4) is 0 Å². The number of fused-ring (bicyclic) bond motifs is 1. The molecule has 0 aliphatic heterocycles. The van der Waals surface area contributed by atoms with Crippen molar-refractivity contribution < 1.29 is 19.1 Å². The second-order valence-electron chi connectivity index (χ2n) is 7.07. The molecule has 3 rings (SSSR count). The number of carbonyl (C=O) groups is 3. The number of anilines is 2. The maximum absolute atomic E-state index is 12.3. The maximum atomic E-state index is 12.3. The summed E-state index contributed by atoms with van der Waals surface area (Å²) in [5.41, 5.74) is 2.79. The lowest BCUT2D eigenvalue weighted by molar-refractivity contribution is -0.143. The number of aryl methyl sites for hydroxylation is 1. The molecule has 0 bridgehead atoms. The van der Waals surface area contributed by atoms with Gasteiger partial charge in [0.05, 0.1) is 13.5 Å². The molecule has 1 aromatic carbocycles. The Morgan fingerprint density at radius 1 is 1.17 bits per heavy atom. The number of hydrogen-bond acceptors (Lipinski definition) is 6. The molecule has 29 heavy (non-hydrogen) atoms. The zero-order valence-electron chi connectivity index (χ0n) is 16.4. The Kier molecular flexibility index (Phi) is 6.94. The quantitative estimate of drug-likeness (QED) is 0.553. The predicted octanol–water partition coefficient (Wildman–Crippen LogP) is 2.76. The maximum Gasteiger partial charge on any atom is 0.306 e. The monoisotopic (exact) mass is 395 g/mol. The van der Waals surface area contributed by atoms with Crippen LogP contribution in [0.4, 0.5) is 11.5 Å². The Morgan fingerprint density at radius 3 is 2.79 bits per heavy atom. The molecule has 0 saturated heterocycles. The van der Waals surface area contributed by atoms with Gasteiger partial charge < -0.3 is 15.4 Å². The van der Waals surface area contributed by atoms with E-state index in [4.69, 9.17) is 4.74 Å². The van der Waals surface area contributed by atoms with Gasteiger partial charge in [-0.3, -0.25) is 14.4 Å². The van der Waals surface area contributed by atoms with Gasteiger partial charge in [0.25, 0.3) is 0 Å². The highest BCUT2D eigenvalue weighted by atomic mass is 16.5. The van der Waals surface area contributed by atoms with E-state index in [-0.39, 0.29) is 30.0 Å². The topological polar surface area (TPSA) is 97.4 Å². The third kappa shape index (κ3) is 5.88. The molecule has 0 spiro atoms. The lowest BCUT2D eigenvalue weighted by Gasteiger charge is -2.13. The van der Waals surface area contributed by atoms with Crippen LogP contribution in [0.5, 0.6) is 0 Å². The van der Waals surface area contributed by atoms with E-state index >= 15 is 0 Å². The first kappa shape index (κ1) is 20.5.